The van der Waals surface area contributed by atoms with Gasteiger partial charge in [0, 0.05) is 16.0 Å². The summed E-state index contributed by atoms with van der Waals surface area (Å²) in [7, 11) is 0. The van der Waals surface area contributed by atoms with Crippen LogP contribution in [0.3, 0.4) is 0 Å². The van der Waals surface area contributed by atoms with Gasteiger partial charge < -0.3 is 5.32 Å². The number of benzene rings is 1. The third kappa shape index (κ3) is 2.82. The molecule has 0 bridgehead atoms. The molecule has 0 unspecified atom stereocenters. The maximum Gasteiger partial charge on any atom is 0.0825 e. The van der Waals surface area contributed by atoms with Crippen LogP contribution in [0.2, 0.25) is 5.02 Å². The maximum absolute atomic E-state index is 6.13. The molecule has 1 aromatic carbocycles. The lowest BCUT2D eigenvalue weighted by atomic mass is 10.2. The molecule has 1 heterocycles. The SMILES string of the molecule is Cc1n[nH]c(C)c1NCc1cc(Br)ccc1Cl. The van der Waals surface area contributed by atoms with E-state index in [1.54, 1.807) is 0 Å². The quantitative estimate of drug-likeness (QED) is 0.897. The summed E-state index contributed by atoms with van der Waals surface area (Å²) in [6, 6.07) is 5.83. The summed E-state index contributed by atoms with van der Waals surface area (Å²) >= 11 is 9.57. The van der Waals surface area contributed by atoms with Crippen LogP contribution in [0, 0.1) is 13.8 Å². The van der Waals surface area contributed by atoms with Crippen LogP contribution in [0.1, 0.15) is 17.0 Å². The fourth-order valence-corrected chi connectivity index (χ4v) is 2.27. The summed E-state index contributed by atoms with van der Waals surface area (Å²) < 4.78 is 1.03. The Morgan fingerprint density at radius 3 is 2.82 bits per heavy atom. The van der Waals surface area contributed by atoms with E-state index in [1.807, 2.05) is 32.0 Å². The number of rotatable bonds is 3. The smallest absolute Gasteiger partial charge is 0.0825 e. The van der Waals surface area contributed by atoms with Gasteiger partial charge in [0.15, 0.2) is 0 Å². The second kappa shape index (κ2) is 5.10. The minimum absolute atomic E-state index is 0.680. The van der Waals surface area contributed by atoms with E-state index in [1.165, 1.54) is 0 Å². The number of aromatic nitrogens is 2. The summed E-state index contributed by atoms with van der Waals surface area (Å²) in [5.41, 5.74) is 4.10. The Labute approximate surface area is 114 Å². The standard InChI is InChI=1S/C12H13BrClN3/c1-7-12(8(2)17-16-7)15-6-9-5-10(13)3-4-11(9)14/h3-5,15H,6H2,1-2H3,(H,16,17). The molecular formula is C12H13BrClN3. The molecule has 0 aliphatic rings. The van der Waals surface area contributed by atoms with Crippen LogP contribution in [0.25, 0.3) is 0 Å². The first-order valence-electron chi connectivity index (χ1n) is 5.27. The van der Waals surface area contributed by atoms with Gasteiger partial charge in [0.05, 0.1) is 17.1 Å². The van der Waals surface area contributed by atoms with Gasteiger partial charge in [0.1, 0.15) is 0 Å². The van der Waals surface area contributed by atoms with Crippen LogP contribution >= 0.6 is 27.5 Å². The first-order valence-corrected chi connectivity index (χ1v) is 6.44. The Morgan fingerprint density at radius 2 is 2.18 bits per heavy atom. The highest BCUT2D eigenvalue weighted by Crippen LogP contribution is 2.23. The summed E-state index contributed by atoms with van der Waals surface area (Å²) in [5, 5.41) is 11.2. The Balaban J connectivity index is 2.15. The molecule has 0 spiro atoms. The fraction of sp³-hybridized carbons (Fsp3) is 0.250. The van der Waals surface area contributed by atoms with Crippen molar-refractivity contribution in [3.8, 4) is 0 Å². The number of nitrogens with zero attached hydrogens (tertiary/aromatic N) is 1. The highest BCUT2D eigenvalue weighted by Gasteiger charge is 2.07. The van der Waals surface area contributed by atoms with Crippen LogP contribution in [-0.4, -0.2) is 10.2 Å². The summed E-state index contributed by atoms with van der Waals surface area (Å²) in [6.07, 6.45) is 0. The van der Waals surface area contributed by atoms with Crippen molar-refractivity contribution in [3.63, 3.8) is 0 Å². The summed E-state index contributed by atoms with van der Waals surface area (Å²) in [5.74, 6) is 0. The zero-order chi connectivity index (χ0) is 12.4. The van der Waals surface area contributed by atoms with Crippen LogP contribution in [0.15, 0.2) is 22.7 Å². The van der Waals surface area contributed by atoms with Gasteiger partial charge in [-0.3, -0.25) is 5.10 Å². The second-order valence-electron chi connectivity index (χ2n) is 3.90. The van der Waals surface area contributed by atoms with E-state index in [9.17, 15) is 0 Å². The Hall–Kier alpha value is -1.000. The molecule has 3 nitrogen and oxygen atoms in total. The molecule has 0 aliphatic heterocycles. The van der Waals surface area contributed by atoms with Gasteiger partial charge in [0.2, 0.25) is 0 Å². The van der Waals surface area contributed by atoms with E-state index in [0.717, 1.165) is 32.1 Å². The summed E-state index contributed by atoms with van der Waals surface area (Å²) in [4.78, 5) is 0. The number of anilines is 1. The molecule has 90 valence electrons. The van der Waals surface area contributed by atoms with Gasteiger partial charge in [-0.1, -0.05) is 27.5 Å². The normalized spacial score (nSPS) is 10.6. The number of nitrogens with one attached hydrogen (secondary N) is 2. The van der Waals surface area contributed by atoms with Crippen LogP contribution < -0.4 is 5.32 Å². The number of hydrogen-bond donors (Lipinski definition) is 2. The average molecular weight is 315 g/mol. The lowest BCUT2D eigenvalue weighted by Crippen LogP contribution is -2.01. The highest BCUT2D eigenvalue weighted by molar-refractivity contribution is 9.10. The van der Waals surface area contributed by atoms with Crippen molar-refractivity contribution >= 4 is 33.2 Å². The van der Waals surface area contributed by atoms with Gasteiger partial charge in [-0.05, 0) is 37.6 Å². The maximum atomic E-state index is 6.13. The molecule has 17 heavy (non-hydrogen) atoms. The number of hydrogen-bond acceptors (Lipinski definition) is 2. The molecular weight excluding hydrogens is 302 g/mol. The number of aromatic amines is 1. The molecule has 0 fully saturated rings. The third-order valence-electron chi connectivity index (χ3n) is 2.59. The van der Waals surface area contributed by atoms with E-state index in [0.29, 0.717) is 6.54 Å². The third-order valence-corrected chi connectivity index (χ3v) is 3.45. The lowest BCUT2D eigenvalue weighted by molar-refractivity contribution is 1.02. The Kier molecular flexibility index (Phi) is 3.74. The monoisotopic (exact) mass is 313 g/mol. The molecule has 5 heteroatoms. The molecule has 0 saturated carbocycles. The molecule has 2 N–H and O–H groups in total. The second-order valence-corrected chi connectivity index (χ2v) is 5.22. The van der Waals surface area contributed by atoms with Crippen LogP contribution in [-0.2, 0) is 6.54 Å². The van der Waals surface area contributed by atoms with E-state index in [-0.39, 0.29) is 0 Å². The topological polar surface area (TPSA) is 40.7 Å². The van der Waals surface area contributed by atoms with Gasteiger partial charge in [-0.25, -0.2) is 0 Å². The molecule has 0 aliphatic carbocycles. The van der Waals surface area contributed by atoms with Crippen LogP contribution in [0.4, 0.5) is 5.69 Å². The van der Waals surface area contributed by atoms with Crippen molar-refractivity contribution in [3.05, 3.63) is 44.6 Å². The molecule has 2 aromatic rings. The van der Waals surface area contributed by atoms with E-state index in [2.05, 4.69) is 31.4 Å². The number of H-pyrrole nitrogens is 1. The minimum Gasteiger partial charge on any atom is -0.378 e. The van der Waals surface area contributed by atoms with Gasteiger partial charge >= 0.3 is 0 Å². The van der Waals surface area contributed by atoms with E-state index < -0.39 is 0 Å². The van der Waals surface area contributed by atoms with Gasteiger partial charge in [0.25, 0.3) is 0 Å². The van der Waals surface area contributed by atoms with Gasteiger partial charge in [-0.2, -0.15) is 5.10 Å². The molecule has 0 saturated heterocycles. The van der Waals surface area contributed by atoms with Crippen molar-refractivity contribution in [1.82, 2.24) is 10.2 Å². The first kappa shape index (κ1) is 12.5. The molecule has 2 rings (SSSR count). The number of halogens is 2. The van der Waals surface area contributed by atoms with Crippen molar-refractivity contribution in [1.29, 1.82) is 0 Å². The average Bonchev–Trinajstić information content (AvgIpc) is 2.61. The van der Waals surface area contributed by atoms with Crippen molar-refractivity contribution < 1.29 is 0 Å². The largest absolute Gasteiger partial charge is 0.378 e. The molecule has 0 radical (unpaired) electrons. The van der Waals surface area contributed by atoms with E-state index in [4.69, 9.17) is 11.6 Å². The Morgan fingerprint density at radius 1 is 1.41 bits per heavy atom. The van der Waals surface area contributed by atoms with Crippen LogP contribution in [0.5, 0.6) is 0 Å². The predicted octanol–water partition coefficient (Wildman–Crippen LogP) is 4.05. The fourth-order valence-electron chi connectivity index (χ4n) is 1.67. The molecule has 0 amide bonds. The number of aryl methyl sites for hydroxylation is 2. The molecule has 0 atom stereocenters. The predicted molar refractivity (Wildman–Crippen MR) is 74.5 cm³/mol. The lowest BCUT2D eigenvalue weighted by Gasteiger charge is -2.08. The molecule has 1 aromatic heterocycles. The summed E-state index contributed by atoms with van der Waals surface area (Å²) in [6.45, 7) is 4.64. The zero-order valence-corrected chi connectivity index (χ0v) is 12.0. The van der Waals surface area contributed by atoms with Crippen molar-refractivity contribution in [2.75, 3.05) is 5.32 Å². The highest BCUT2D eigenvalue weighted by atomic mass is 79.9. The minimum atomic E-state index is 0.680. The van der Waals surface area contributed by atoms with Crippen molar-refractivity contribution in [2.45, 2.75) is 20.4 Å². The van der Waals surface area contributed by atoms with Gasteiger partial charge in [-0.15, -0.1) is 0 Å². The van der Waals surface area contributed by atoms with Crippen molar-refractivity contribution in [2.24, 2.45) is 0 Å². The van der Waals surface area contributed by atoms with E-state index >= 15 is 0 Å². The zero-order valence-electron chi connectivity index (χ0n) is 9.64. The Bertz CT molecular complexity index is 517. The first-order chi connectivity index (χ1) is 8.08.